The van der Waals surface area contributed by atoms with Crippen LogP contribution in [-0.2, 0) is 0 Å². The van der Waals surface area contributed by atoms with E-state index < -0.39 is 0 Å². The summed E-state index contributed by atoms with van der Waals surface area (Å²) in [6.45, 7) is 17.4. The second-order valence-corrected chi connectivity index (χ2v) is 15.4. The monoisotopic (exact) mass is 728 g/mol. The van der Waals surface area contributed by atoms with E-state index in [1.54, 1.807) is 0 Å². The molecule has 0 aliphatic rings. The van der Waals surface area contributed by atoms with E-state index in [4.69, 9.17) is 0 Å². The fourth-order valence-corrected chi connectivity index (χ4v) is 7.82. The first kappa shape index (κ1) is 37.9. The Morgan fingerprint density at radius 3 is 0.732 bits per heavy atom. The number of hydrogen-bond acceptors (Lipinski definition) is 2. The normalized spacial score (nSPS) is 11.4. The molecule has 2 heteroatoms. The molecule has 0 amide bonds. The van der Waals surface area contributed by atoms with Crippen molar-refractivity contribution in [2.75, 3.05) is 9.80 Å². The molecule has 0 aromatic heterocycles. The molecule has 0 spiro atoms. The van der Waals surface area contributed by atoms with Crippen LogP contribution < -0.4 is 9.80 Å². The summed E-state index contributed by atoms with van der Waals surface area (Å²) in [5.41, 5.74) is 21.9. The van der Waals surface area contributed by atoms with Gasteiger partial charge in [-0.05, 0) is 148 Å². The van der Waals surface area contributed by atoms with Crippen molar-refractivity contribution in [2.24, 2.45) is 0 Å². The molecule has 56 heavy (non-hydrogen) atoms. The summed E-state index contributed by atoms with van der Waals surface area (Å²) >= 11 is 0. The van der Waals surface area contributed by atoms with Gasteiger partial charge >= 0.3 is 0 Å². The van der Waals surface area contributed by atoms with Gasteiger partial charge in [0.2, 0.25) is 0 Å². The van der Waals surface area contributed by atoms with Gasteiger partial charge in [-0.25, -0.2) is 0 Å². The minimum Gasteiger partial charge on any atom is -0.310 e. The largest absolute Gasteiger partial charge is 0.310 e. The van der Waals surface area contributed by atoms with Crippen molar-refractivity contribution >= 4 is 58.4 Å². The van der Waals surface area contributed by atoms with Crippen LogP contribution in [0.3, 0.4) is 0 Å². The topological polar surface area (TPSA) is 6.48 Å². The van der Waals surface area contributed by atoms with Gasteiger partial charge in [-0.15, -0.1) is 0 Å². The minimum atomic E-state index is 1.15. The van der Waals surface area contributed by atoms with Gasteiger partial charge < -0.3 is 9.80 Å². The minimum absolute atomic E-state index is 1.15. The standard InChI is InChI=1S/C54H52N2/c1-37-9-25-49(26-10-37)55(53-41(5)33-39(3)34-42(53)6)51-29-21-47(22-30-51)19-17-45-13-15-46(16-14-45)18-20-48-23-31-52(32-24-48)56(50-27-11-38(2)12-28-50)54-43(7)35-40(4)36-44(54)8/h9-36H,1-8H3. The van der Waals surface area contributed by atoms with Crippen molar-refractivity contribution in [1.82, 2.24) is 0 Å². The van der Waals surface area contributed by atoms with Gasteiger partial charge in [0.05, 0.1) is 11.4 Å². The molecule has 7 aromatic carbocycles. The maximum Gasteiger partial charge on any atom is 0.0520 e. The number of anilines is 6. The summed E-state index contributed by atoms with van der Waals surface area (Å²) in [5, 5.41) is 0. The number of rotatable bonds is 10. The quantitative estimate of drug-likeness (QED) is 0.129. The van der Waals surface area contributed by atoms with Crippen molar-refractivity contribution in [3.63, 3.8) is 0 Å². The van der Waals surface area contributed by atoms with Crippen LogP contribution in [0.1, 0.15) is 66.8 Å². The zero-order chi connectivity index (χ0) is 39.3. The summed E-state index contributed by atoms with van der Waals surface area (Å²) in [7, 11) is 0. The average molecular weight is 729 g/mol. The molecule has 7 aromatic rings. The van der Waals surface area contributed by atoms with Gasteiger partial charge in [-0.3, -0.25) is 0 Å². The van der Waals surface area contributed by atoms with Crippen molar-refractivity contribution < 1.29 is 0 Å². The third-order valence-corrected chi connectivity index (χ3v) is 10.5. The smallest absolute Gasteiger partial charge is 0.0520 e. The van der Waals surface area contributed by atoms with Crippen LogP contribution in [0, 0.1) is 55.4 Å². The lowest BCUT2D eigenvalue weighted by atomic mass is 10.0. The molecule has 0 saturated carbocycles. The van der Waals surface area contributed by atoms with Gasteiger partial charge in [0.15, 0.2) is 0 Å². The van der Waals surface area contributed by atoms with Crippen molar-refractivity contribution in [2.45, 2.75) is 55.4 Å². The van der Waals surface area contributed by atoms with Crippen LogP contribution in [-0.4, -0.2) is 0 Å². The second kappa shape index (κ2) is 16.6. The van der Waals surface area contributed by atoms with Crippen LogP contribution in [0.2, 0.25) is 0 Å². The molecule has 0 heterocycles. The molecule has 0 aliphatic heterocycles. The van der Waals surface area contributed by atoms with Gasteiger partial charge in [0.1, 0.15) is 0 Å². The molecular weight excluding hydrogens is 677 g/mol. The fourth-order valence-electron chi connectivity index (χ4n) is 7.82. The summed E-state index contributed by atoms with van der Waals surface area (Å²) in [6, 6.07) is 53.1. The van der Waals surface area contributed by atoms with Crippen molar-refractivity contribution in [1.29, 1.82) is 0 Å². The highest BCUT2D eigenvalue weighted by atomic mass is 15.2. The lowest BCUT2D eigenvalue weighted by Crippen LogP contribution is -2.13. The Bertz CT molecular complexity index is 2270. The predicted molar refractivity (Wildman–Crippen MR) is 244 cm³/mol. The number of nitrogens with zero attached hydrogens (tertiary/aromatic N) is 2. The highest BCUT2D eigenvalue weighted by Gasteiger charge is 2.19. The van der Waals surface area contributed by atoms with Crippen LogP contribution in [0.5, 0.6) is 0 Å². The highest BCUT2D eigenvalue weighted by Crippen LogP contribution is 2.41. The van der Waals surface area contributed by atoms with E-state index in [9.17, 15) is 0 Å². The van der Waals surface area contributed by atoms with E-state index in [0.29, 0.717) is 0 Å². The highest BCUT2D eigenvalue weighted by molar-refractivity contribution is 5.83. The van der Waals surface area contributed by atoms with E-state index >= 15 is 0 Å². The molecule has 0 bridgehead atoms. The van der Waals surface area contributed by atoms with E-state index in [-0.39, 0.29) is 0 Å². The number of benzene rings is 7. The molecule has 0 saturated heterocycles. The van der Waals surface area contributed by atoms with E-state index in [2.05, 4.69) is 235 Å². The first-order chi connectivity index (χ1) is 27.0. The third kappa shape index (κ3) is 8.61. The van der Waals surface area contributed by atoms with Gasteiger partial charge in [-0.1, -0.05) is 144 Å². The average Bonchev–Trinajstić information content (AvgIpc) is 3.18. The molecule has 0 radical (unpaired) electrons. The fraction of sp³-hybridized carbons (Fsp3) is 0.148. The SMILES string of the molecule is Cc1ccc(N(c2ccc(C=Cc3ccc(C=Cc4ccc(N(c5ccc(C)cc5)c5c(C)cc(C)cc5C)cc4)cc3)cc2)c2c(C)cc(C)cc2C)cc1. The van der Waals surface area contributed by atoms with E-state index in [1.807, 2.05) is 0 Å². The Labute approximate surface area is 334 Å². The second-order valence-electron chi connectivity index (χ2n) is 15.4. The van der Waals surface area contributed by atoms with Crippen LogP contribution in [0.25, 0.3) is 24.3 Å². The van der Waals surface area contributed by atoms with Gasteiger partial charge in [-0.2, -0.15) is 0 Å². The molecule has 2 nitrogen and oxygen atoms in total. The maximum absolute atomic E-state index is 2.38. The molecule has 0 fully saturated rings. The first-order valence-electron chi connectivity index (χ1n) is 19.6. The van der Waals surface area contributed by atoms with E-state index in [1.165, 1.54) is 67.0 Å². The van der Waals surface area contributed by atoms with E-state index in [0.717, 1.165) is 33.9 Å². The molecule has 0 atom stereocenters. The lowest BCUT2D eigenvalue weighted by Gasteiger charge is -2.29. The maximum atomic E-state index is 2.38. The molecule has 0 aliphatic carbocycles. The Kier molecular flexibility index (Phi) is 11.2. The van der Waals surface area contributed by atoms with Crippen LogP contribution in [0.15, 0.2) is 146 Å². The van der Waals surface area contributed by atoms with Gasteiger partial charge in [0, 0.05) is 22.7 Å². The zero-order valence-electron chi connectivity index (χ0n) is 34.1. The number of hydrogen-bond donors (Lipinski definition) is 0. The third-order valence-electron chi connectivity index (χ3n) is 10.5. The molecule has 0 N–H and O–H groups in total. The predicted octanol–water partition coefficient (Wildman–Crippen LogP) is 15.4. The Morgan fingerprint density at radius 1 is 0.268 bits per heavy atom. The summed E-state index contributed by atoms with van der Waals surface area (Å²) < 4.78 is 0. The van der Waals surface area contributed by atoms with Gasteiger partial charge in [0.25, 0.3) is 0 Å². The summed E-state index contributed by atoms with van der Waals surface area (Å²) in [6.07, 6.45) is 8.75. The Morgan fingerprint density at radius 2 is 0.482 bits per heavy atom. The first-order valence-corrected chi connectivity index (χ1v) is 19.6. The Hall–Kier alpha value is -6.38. The molecular formula is C54H52N2. The van der Waals surface area contributed by atoms with Crippen molar-refractivity contribution in [3.05, 3.63) is 212 Å². The van der Waals surface area contributed by atoms with Crippen LogP contribution >= 0.6 is 0 Å². The molecule has 0 unspecified atom stereocenters. The summed E-state index contributed by atoms with van der Waals surface area (Å²) in [5.74, 6) is 0. The Balaban J connectivity index is 1.05. The summed E-state index contributed by atoms with van der Waals surface area (Å²) in [4.78, 5) is 4.76. The molecule has 7 rings (SSSR count). The van der Waals surface area contributed by atoms with Crippen LogP contribution in [0.4, 0.5) is 34.1 Å². The zero-order valence-corrected chi connectivity index (χ0v) is 34.1. The molecule has 278 valence electrons. The number of aryl methyl sites for hydroxylation is 8. The van der Waals surface area contributed by atoms with Crippen molar-refractivity contribution in [3.8, 4) is 0 Å². The lowest BCUT2D eigenvalue weighted by molar-refractivity contribution is 1.20.